The highest BCUT2D eigenvalue weighted by Crippen LogP contribution is 2.36. The Bertz CT molecular complexity index is 1840. The predicted molar refractivity (Wildman–Crippen MR) is 274 cm³/mol. The largest absolute Gasteiger partial charge is 0.481 e. The minimum absolute atomic E-state index is 0.0805. The molecule has 74 heavy (non-hydrogen) atoms. The maximum atomic E-state index is 13.2. The van der Waals surface area contributed by atoms with Crippen molar-refractivity contribution in [2.75, 3.05) is 6.54 Å². The van der Waals surface area contributed by atoms with Gasteiger partial charge in [-0.15, -0.1) is 0 Å². The Hall–Kier alpha value is -4.06. The number of carboxylic acids is 1. The van der Waals surface area contributed by atoms with Gasteiger partial charge in [-0.1, -0.05) is 83.2 Å². The van der Waals surface area contributed by atoms with E-state index in [1.807, 2.05) is 26.0 Å². The number of rotatable bonds is 12. The van der Waals surface area contributed by atoms with Crippen molar-refractivity contribution in [2.45, 2.75) is 217 Å². The average molecular weight is 1060 g/mol. The van der Waals surface area contributed by atoms with Crippen LogP contribution in [0.3, 0.4) is 0 Å². The summed E-state index contributed by atoms with van der Waals surface area (Å²) in [7, 11) is 0. The number of carbonyl (C=O) groups excluding carboxylic acids is 3. The Morgan fingerprint density at radius 1 is 0.797 bits per heavy atom. The van der Waals surface area contributed by atoms with E-state index in [9.17, 15) is 75.3 Å². The van der Waals surface area contributed by atoms with Gasteiger partial charge in [0, 0.05) is 68.9 Å². The molecule has 2 heterocycles. The minimum atomic E-state index is -2.53. The molecule has 0 spiro atoms. The number of urea groups is 1. The SMILES string of the molecule is C/C1=C\C=C\C(C)C(C(C)CCC/C=C/CCCNC(N)=O)OC(=O)/C=C\C=C\C(C)C(O)CC(O)C(C)C(O)CCC(C)C(O)CC2(O)OC(CC(OC(=O)CC(=O)O)CC(O)CC(O)CC1O)CC(O)C2O. The van der Waals surface area contributed by atoms with Crippen molar-refractivity contribution in [2.24, 2.45) is 35.3 Å². The van der Waals surface area contributed by atoms with E-state index in [1.54, 1.807) is 52.0 Å². The highest BCUT2D eigenvalue weighted by Gasteiger charge is 2.50. The fourth-order valence-electron chi connectivity index (χ4n) is 9.24. The lowest BCUT2D eigenvalue weighted by Crippen LogP contribution is -2.60. The molecule has 0 aliphatic carbocycles. The summed E-state index contributed by atoms with van der Waals surface area (Å²) >= 11 is 0. The number of fused-ring (bicyclic) bond motifs is 2. The normalized spacial score (nSPS) is 37.9. The molecule has 18 atom stereocenters. The summed E-state index contributed by atoms with van der Waals surface area (Å²) in [6, 6.07) is -0.563. The zero-order chi connectivity index (χ0) is 55.7. The van der Waals surface area contributed by atoms with Crippen LogP contribution in [0.15, 0.2) is 60.3 Å². The van der Waals surface area contributed by atoms with Crippen molar-refractivity contribution < 1.29 is 89.6 Å². The maximum absolute atomic E-state index is 13.2. The molecule has 20 heteroatoms. The van der Waals surface area contributed by atoms with Crippen molar-refractivity contribution in [1.82, 2.24) is 5.32 Å². The van der Waals surface area contributed by atoms with Crippen LogP contribution in [0.4, 0.5) is 4.79 Å². The third kappa shape index (κ3) is 25.2. The molecule has 0 aromatic heterocycles. The van der Waals surface area contributed by atoms with E-state index in [0.29, 0.717) is 12.1 Å². The molecule has 14 N–H and O–H groups in total. The number of nitrogens with one attached hydrogen (secondary N) is 1. The lowest BCUT2D eigenvalue weighted by Gasteiger charge is -2.45. The summed E-state index contributed by atoms with van der Waals surface area (Å²) in [5.41, 5.74) is 5.58. The van der Waals surface area contributed by atoms with Gasteiger partial charge in [0.1, 0.15) is 24.7 Å². The van der Waals surface area contributed by atoms with E-state index in [1.165, 1.54) is 12.2 Å². The highest BCUT2D eigenvalue weighted by molar-refractivity contribution is 5.90. The van der Waals surface area contributed by atoms with Crippen LogP contribution in [0.1, 0.15) is 138 Å². The maximum Gasteiger partial charge on any atom is 0.331 e. The molecule has 18 unspecified atom stereocenters. The number of unbranched alkanes of at least 4 members (excludes halogenated alkanes) is 2. The second-order valence-electron chi connectivity index (χ2n) is 20.9. The second kappa shape index (κ2) is 33.9. The first-order valence-corrected chi connectivity index (χ1v) is 26.2. The molecule has 2 bridgehead atoms. The first kappa shape index (κ1) is 66.1. The Labute approximate surface area is 436 Å². The quantitative estimate of drug-likeness (QED) is 0.0578. The van der Waals surface area contributed by atoms with Gasteiger partial charge in [0.15, 0.2) is 5.79 Å². The number of hydrogen-bond donors (Lipinski definition) is 13. The lowest BCUT2D eigenvalue weighted by atomic mass is 9.84. The molecular weight excluding hydrogens is 965 g/mol. The van der Waals surface area contributed by atoms with Crippen LogP contribution in [0.5, 0.6) is 0 Å². The number of cyclic esters (lactones) is 1. The van der Waals surface area contributed by atoms with E-state index in [-0.39, 0.29) is 63.2 Å². The fourth-order valence-corrected chi connectivity index (χ4v) is 9.24. The van der Waals surface area contributed by atoms with E-state index in [0.717, 1.165) is 32.1 Å². The summed E-state index contributed by atoms with van der Waals surface area (Å²) in [5.74, 6) is -7.93. The number of nitrogens with two attached hydrogens (primary N) is 1. The van der Waals surface area contributed by atoms with Gasteiger partial charge in [-0.25, -0.2) is 9.59 Å². The number of ether oxygens (including phenoxy) is 3. The Morgan fingerprint density at radius 3 is 2.11 bits per heavy atom. The van der Waals surface area contributed by atoms with Crippen molar-refractivity contribution in [3.05, 3.63) is 60.3 Å². The smallest absolute Gasteiger partial charge is 0.331 e. The van der Waals surface area contributed by atoms with Crippen molar-refractivity contribution in [3.63, 3.8) is 0 Å². The summed E-state index contributed by atoms with van der Waals surface area (Å²) < 4.78 is 17.3. The topological polar surface area (TPSA) is 357 Å². The minimum Gasteiger partial charge on any atom is -0.481 e. The Morgan fingerprint density at radius 2 is 1.45 bits per heavy atom. The molecule has 2 rings (SSSR count). The first-order chi connectivity index (χ1) is 34.7. The Kier molecular flexibility index (Phi) is 30.2. The summed E-state index contributed by atoms with van der Waals surface area (Å²) in [4.78, 5) is 48.0. The van der Waals surface area contributed by atoms with Gasteiger partial charge < -0.3 is 81.4 Å². The van der Waals surface area contributed by atoms with Crippen molar-refractivity contribution >= 4 is 23.9 Å². The molecule has 20 nitrogen and oxygen atoms in total. The van der Waals surface area contributed by atoms with Gasteiger partial charge in [-0.3, -0.25) is 9.59 Å². The molecule has 0 saturated carbocycles. The van der Waals surface area contributed by atoms with Gasteiger partial charge in [0.2, 0.25) is 0 Å². The number of aliphatic hydroxyl groups is 10. The number of esters is 2. The number of hydrogen-bond acceptors (Lipinski definition) is 17. The molecule has 424 valence electrons. The highest BCUT2D eigenvalue weighted by atomic mass is 16.7. The van der Waals surface area contributed by atoms with Crippen LogP contribution in [0, 0.1) is 29.6 Å². The van der Waals surface area contributed by atoms with E-state index in [2.05, 4.69) is 11.4 Å². The molecule has 0 radical (unpaired) electrons. The van der Waals surface area contributed by atoms with Gasteiger partial charge in [-0.2, -0.15) is 0 Å². The molecule has 2 aliphatic rings. The summed E-state index contributed by atoms with van der Waals surface area (Å²) in [5, 5.41) is 122. The average Bonchev–Trinajstić information content (AvgIpc) is 3.30. The monoisotopic (exact) mass is 1050 g/mol. The van der Waals surface area contributed by atoms with E-state index < -0.39 is 134 Å². The van der Waals surface area contributed by atoms with Crippen LogP contribution in [-0.2, 0) is 28.6 Å². The van der Waals surface area contributed by atoms with Crippen LogP contribution in [0.25, 0.3) is 0 Å². The third-order valence-corrected chi connectivity index (χ3v) is 14.2. The number of aliphatic hydroxyl groups excluding tert-OH is 9. The standard InChI is InChI=1S/C54H90N2O18/c1-32-16-12-13-20-49(67)73-51(35(4)17-11-9-7-8-10-14-23-56-53(55)70)36(5)19-15-18-33(2)43(60)26-39(58)24-38(57)25-40(72-50(68)30-48(65)66)27-41-28-46(63)52(69)54(71,74-41)31-47(64)34(3)21-22-42(59)37(6)45(62)29-44(32)61/h7-8,12-13,15-16,18-20,32,34-47,51-52,57-64,69,71H,9-11,14,17,21-31H2,1-6H3,(H,65,66)(H3,55,56,70)/b8-7+,16-12+,19-15+,20-13-,33-18+. The molecule has 2 amide bonds. The van der Waals surface area contributed by atoms with Gasteiger partial charge >= 0.3 is 23.9 Å². The second-order valence-corrected chi connectivity index (χ2v) is 20.9. The Balaban J connectivity index is 2.41. The van der Waals surface area contributed by atoms with Gasteiger partial charge in [0.25, 0.3) is 0 Å². The third-order valence-electron chi connectivity index (χ3n) is 14.2. The molecule has 0 aromatic carbocycles. The number of aliphatic carboxylic acids is 1. The van der Waals surface area contributed by atoms with Crippen LogP contribution >= 0.6 is 0 Å². The van der Waals surface area contributed by atoms with Gasteiger partial charge in [-0.05, 0) is 75.7 Å². The number of allylic oxidation sites excluding steroid dienone is 6. The summed E-state index contributed by atoms with van der Waals surface area (Å²) in [6.45, 7) is 11.0. The zero-order valence-corrected chi connectivity index (χ0v) is 44.2. The molecule has 1 saturated heterocycles. The predicted octanol–water partition coefficient (Wildman–Crippen LogP) is 3.12. The molecular formula is C54H90N2O18. The molecule has 2 aliphatic heterocycles. The van der Waals surface area contributed by atoms with E-state index >= 15 is 0 Å². The molecule has 1 fully saturated rings. The number of amides is 2. The number of carboxylic acid groups (broad SMARTS) is 1. The number of carbonyl (C=O) groups is 4. The zero-order valence-electron chi connectivity index (χ0n) is 44.2. The van der Waals surface area contributed by atoms with Crippen LogP contribution in [-0.4, -0.2) is 166 Å². The fraction of sp³-hybridized carbons (Fsp3) is 0.741. The first-order valence-electron chi connectivity index (χ1n) is 26.2. The van der Waals surface area contributed by atoms with Crippen LogP contribution < -0.4 is 11.1 Å². The summed E-state index contributed by atoms with van der Waals surface area (Å²) in [6.07, 6.45) is 1.45. The van der Waals surface area contributed by atoms with E-state index in [4.69, 9.17) is 19.9 Å². The van der Waals surface area contributed by atoms with Crippen molar-refractivity contribution in [3.8, 4) is 0 Å². The van der Waals surface area contributed by atoms with Crippen molar-refractivity contribution in [1.29, 1.82) is 0 Å². The van der Waals surface area contributed by atoms with Crippen LogP contribution in [0.2, 0.25) is 0 Å². The van der Waals surface area contributed by atoms with Gasteiger partial charge in [0.05, 0.1) is 54.9 Å². The lowest BCUT2D eigenvalue weighted by molar-refractivity contribution is -0.333. The molecule has 0 aromatic rings. The number of primary amides is 1.